The maximum Gasteiger partial charge on any atom is 0.127 e. The van der Waals surface area contributed by atoms with Gasteiger partial charge in [0.15, 0.2) is 0 Å². The van der Waals surface area contributed by atoms with Crippen LogP contribution in [0.15, 0.2) is 41.4 Å². The molecule has 3 aliphatic carbocycles. The number of benzene rings is 2. The van der Waals surface area contributed by atoms with Gasteiger partial charge in [0.25, 0.3) is 0 Å². The van der Waals surface area contributed by atoms with Crippen LogP contribution < -0.4 is 5.73 Å². The average molecular weight is 422 g/mol. The summed E-state index contributed by atoms with van der Waals surface area (Å²) in [5.74, 6) is 7.95. The molecule has 2 fully saturated rings. The van der Waals surface area contributed by atoms with Gasteiger partial charge in [-0.15, -0.1) is 0 Å². The van der Waals surface area contributed by atoms with E-state index in [2.05, 4.69) is 36.1 Å². The number of nitrogens with two attached hydrogens (primary N) is 1. The van der Waals surface area contributed by atoms with Crippen molar-refractivity contribution in [2.45, 2.75) is 56.6 Å². The summed E-state index contributed by atoms with van der Waals surface area (Å²) in [4.78, 5) is 5.28. The van der Waals surface area contributed by atoms with E-state index in [0.29, 0.717) is 23.4 Å². The first-order chi connectivity index (χ1) is 15.6. The van der Waals surface area contributed by atoms with Crippen molar-refractivity contribution in [2.75, 3.05) is 7.11 Å². The Hall–Kier alpha value is -3.08. The van der Waals surface area contributed by atoms with Crippen molar-refractivity contribution in [1.29, 1.82) is 5.26 Å². The topological polar surface area (TPSA) is 71.4 Å². The van der Waals surface area contributed by atoms with E-state index in [1.165, 1.54) is 24.0 Å². The van der Waals surface area contributed by atoms with E-state index in [-0.39, 0.29) is 5.41 Å². The number of fused-ring (bicyclic) bond motifs is 5. The fourth-order valence-electron chi connectivity index (χ4n) is 6.30. The first-order valence-corrected chi connectivity index (χ1v) is 11.7. The summed E-state index contributed by atoms with van der Waals surface area (Å²) in [6, 6.07) is 14.9. The average Bonchev–Trinajstić information content (AvgIpc) is 3.56. The van der Waals surface area contributed by atoms with Crippen LogP contribution in [0.4, 0.5) is 0 Å². The summed E-state index contributed by atoms with van der Waals surface area (Å²) < 4.78 is 5.71. The Balaban J connectivity index is 1.57. The minimum absolute atomic E-state index is 0.0587. The highest BCUT2D eigenvalue weighted by Crippen LogP contribution is 2.64. The standard InChI is InChI=1S/C28H27N3O/c1-32-22-10-12-27(13-11-22)16-21-8-6-19(5-4-18-2-3-18)14-24(21)28(27)25-15-20(17-29)7-9-23(25)26(30)31-28/h6-9,14-15,18,22H,2-3,10-13,16H2,1H3,(H2,30,31)/t22-,27-,28-/m1/s1. The number of methoxy groups -OCH3 is 1. The Bertz CT molecular complexity index is 1250. The van der Waals surface area contributed by atoms with E-state index < -0.39 is 5.54 Å². The maximum absolute atomic E-state index is 9.65. The summed E-state index contributed by atoms with van der Waals surface area (Å²) in [5, 5.41) is 9.65. The van der Waals surface area contributed by atoms with Gasteiger partial charge in [-0.3, -0.25) is 4.99 Å². The molecule has 0 radical (unpaired) electrons. The molecule has 6 rings (SSSR count). The molecule has 4 heteroatoms. The third-order valence-corrected chi connectivity index (χ3v) is 8.12. The molecule has 2 N–H and O–H groups in total. The van der Waals surface area contributed by atoms with Crippen LogP contribution in [0.2, 0.25) is 0 Å². The van der Waals surface area contributed by atoms with Gasteiger partial charge in [0.1, 0.15) is 11.4 Å². The van der Waals surface area contributed by atoms with Gasteiger partial charge in [0.05, 0.1) is 17.7 Å². The molecule has 0 amide bonds. The zero-order chi connectivity index (χ0) is 21.9. The molecule has 4 aliphatic rings. The predicted molar refractivity (Wildman–Crippen MR) is 124 cm³/mol. The third kappa shape index (κ3) is 2.70. The number of aliphatic imine (C=N–C) groups is 1. The lowest BCUT2D eigenvalue weighted by molar-refractivity contribution is 0.00684. The van der Waals surface area contributed by atoms with E-state index in [1.54, 1.807) is 0 Å². The van der Waals surface area contributed by atoms with Crippen LogP contribution in [0, 0.1) is 34.5 Å². The molecule has 2 saturated carbocycles. The van der Waals surface area contributed by atoms with Crippen molar-refractivity contribution in [2.24, 2.45) is 22.1 Å². The van der Waals surface area contributed by atoms with Gasteiger partial charge in [0, 0.05) is 29.6 Å². The van der Waals surface area contributed by atoms with Gasteiger partial charge < -0.3 is 10.5 Å². The molecule has 32 heavy (non-hydrogen) atoms. The molecular weight excluding hydrogens is 394 g/mol. The molecule has 2 aromatic carbocycles. The molecule has 1 atom stereocenters. The number of hydrogen-bond donors (Lipinski definition) is 1. The lowest BCUT2D eigenvalue weighted by atomic mass is 9.59. The van der Waals surface area contributed by atoms with Gasteiger partial charge in [-0.05, 0) is 92.0 Å². The van der Waals surface area contributed by atoms with Gasteiger partial charge in [0.2, 0.25) is 0 Å². The quantitative estimate of drug-likeness (QED) is 0.693. The highest BCUT2D eigenvalue weighted by molar-refractivity contribution is 6.03. The van der Waals surface area contributed by atoms with Crippen LogP contribution >= 0.6 is 0 Å². The summed E-state index contributed by atoms with van der Waals surface area (Å²) in [6.07, 6.45) is 7.79. The largest absolute Gasteiger partial charge is 0.383 e. The molecule has 1 heterocycles. The van der Waals surface area contributed by atoms with Crippen LogP contribution in [0.1, 0.15) is 71.9 Å². The predicted octanol–water partition coefficient (Wildman–Crippen LogP) is 4.41. The van der Waals surface area contributed by atoms with Gasteiger partial charge in [-0.25, -0.2) is 0 Å². The van der Waals surface area contributed by atoms with Crippen molar-refractivity contribution in [3.8, 4) is 17.9 Å². The van der Waals surface area contributed by atoms with E-state index in [1.807, 2.05) is 25.3 Å². The summed E-state index contributed by atoms with van der Waals surface area (Å²) in [7, 11) is 1.81. The third-order valence-electron chi connectivity index (χ3n) is 8.12. The van der Waals surface area contributed by atoms with E-state index in [4.69, 9.17) is 15.5 Å². The van der Waals surface area contributed by atoms with Crippen LogP contribution in [-0.4, -0.2) is 19.0 Å². The Morgan fingerprint density at radius 3 is 2.50 bits per heavy atom. The highest BCUT2D eigenvalue weighted by Gasteiger charge is 2.62. The Morgan fingerprint density at radius 2 is 1.78 bits per heavy atom. The molecule has 160 valence electrons. The maximum atomic E-state index is 9.65. The van der Waals surface area contributed by atoms with Crippen LogP contribution in [0.25, 0.3) is 0 Å². The number of nitrogens with zero attached hydrogens (tertiary/aromatic N) is 2. The van der Waals surface area contributed by atoms with E-state index >= 15 is 0 Å². The normalized spacial score (nSPS) is 29.8. The molecule has 0 saturated heterocycles. The zero-order valence-corrected chi connectivity index (χ0v) is 18.4. The molecule has 0 bridgehead atoms. The second-order valence-electron chi connectivity index (χ2n) is 9.89. The molecule has 2 spiro atoms. The highest BCUT2D eigenvalue weighted by atomic mass is 16.5. The molecule has 0 unspecified atom stereocenters. The monoisotopic (exact) mass is 421 g/mol. The lowest BCUT2D eigenvalue weighted by Gasteiger charge is -2.47. The Morgan fingerprint density at radius 1 is 1.03 bits per heavy atom. The fourth-order valence-corrected chi connectivity index (χ4v) is 6.30. The first-order valence-electron chi connectivity index (χ1n) is 11.7. The van der Waals surface area contributed by atoms with Gasteiger partial charge >= 0.3 is 0 Å². The minimum Gasteiger partial charge on any atom is -0.383 e. The van der Waals surface area contributed by atoms with Crippen molar-refractivity contribution in [1.82, 2.24) is 0 Å². The molecule has 4 nitrogen and oxygen atoms in total. The summed E-state index contributed by atoms with van der Waals surface area (Å²) >= 11 is 0. The van der Waals surface area contributed by atoms with Crippen molar-refractivity contribution < 1.29 is 4.74 Å². The Kier molecular flexibility index (Phi) is 4.26. The second kappa shape index (κ2) is 6.96. The first kappa shape index (κ1) is 19.6. The SMILES string of the molecule is CO[C@H]1CC[C@]2(CC1)Cc1ccc(C#CC3CC3)cc1[C@]21N=C(N)c2ccc(C#N)cc21. The second-order valence-corrected chi connectivity index (χ2v) is 9.89. The number of nitriles is 1. The lowest BCUT2D eigenvalue weighted by Crippen LogP contribution is -2.45. The smallest absolute Gasteiger partial charge is 0.127 e. The number of ether oxygens (including phenoxy) is 1. The zero-order valence-electron chi connectivity index (χ0n) is 18.4. The minimum atomic E-state index is -0.551. The van der Waals surface area contributed by atoms with E-state index in [9.17, 15) is 5.26 Å². The van der Waals surface area contributed by atoms with E-state index in [0.717, 1.165) is 48.8 Å². The number of amidine groups is 1. The van der Waals surface area contributed by atoms with Crippen molar-refractivity contribution in [3.05, 3.63) is 69.8 Å². The molecule has 1 aliphatic heterocycles. The van der Waals surface area contributed by atoms with Crippen molar-refractivity contribution in [3.63, 3.8) is 0 Å². The molecule has 0 aromatic heterocycles. The van der Waals surface area contributed by atoms with Crippen LogP contribution in [-0.2, 0) is 16.7 Å². The number of hydrogen-bond acceptors (Lipinski definition) is 4. The molecular formula is C28H27N3O. The van der Waals surface area contributed by atoms with Crippen LogP contribution in [0.5, 0.6) is 0 Å². The fraction of sp³-hybridized carbons (Fsp3) is 0.429. The molecule has 2 aromatic rings. The van der Waals surface area contributed by atoms with Gasteiger partial charge in [-0.1, -0.05) is 17.9 Å². The van der Waals surface area contributed by atoms with Crippen LogP contribution in [0.3, 0.4) is 0 Å². The van der Waals surface area contributed by atoms with Gasteiger partial charge in [-0.2, -0.15) is 5.26 Å². The summed E-state index contributed by atoms with van der Waals surface area (Å²) in [5.41, 5.74) is 12.3. The summed E-state index contributed by atoms with van der Waals surface area (Å²) in [6.45, 7) is 0. The number of rotatable bonds is 1. The van der Waals surface area contributed by atoms with Crippen molar-refractivity contribution >= 4 is 5.84 Å². The Labute approximate surface area is 189 Å².